The highest BCUT2D eigenvalue weighted by atomic mass is 35.5. The van der Waals surface area contributed by atoms with Gasteiger partial charge in [-0.05, 0) is 42.5 Å². The number of nitrogens with one attached hydrogen (secondary N) is 3. The third kappa shape index (κ3) is 6.03. The SMILES string of the molecule is COc1ccccc1NS(=O)(=O)c1ccc(C(=O)NCCNc2ncc(Cl)cc2Cl)cc1. The number of anilines is 2. The van der Waals surface area contributed by atoms with Gasteiger partial charge in [0.15, 0.2) is 0 Å². The Bertz CT molecular complexity index is 1200. The molecule has 3 rings (SSSR count). The molecule has 0 aliphatic carbocycles. The summed E-state index contributed by atoms with van der Waals surface area (Å²) in [4.78, 5) is 16.4. The minimum Gasteiger partial charge on any atom is -0.495 e. The molecule has 0 saturated heterocycles. The Labute approximate surface area is 196 Å². The highest BCUT2D eigenvalue weighted by Gasteiger charge is 2.17. The summed E-state index contributed by atoms with van der Waals surface area (Å²) in [7, 11) is -2.39. The van der Waals surface area contributed by atoms with Gasteiger partial charge >= 0.3 is 0 Å². The van der Waals surface area contributed by atoms with E-state index in [0.717, 1.165) is 0 Å². The summed E-state index contributed by atoms with van der Waals surface area (Å²) in [5.74, 6) is 0.516. The van der Waals surface area contributed by atoms with Gasteiger partial charge in [0.1, 0.15) is 11.6 Å². The number of para-hydroxylation sites is 2. The van der Waals surface area contributed by atoms with Crippen molar-refractivity contribution < 1.29 is 17.9 Å². The number of halogens is 2. The van der Waals surface area contributed by atoms with E-state index in [4.69, 9.17) is 27.9 Å². The molecule has 1 aromatic heterocycles. The molecule has 0 unspecified atom stereocenters. The zero-order valence-electron chi connectivity index (χ0n) is 16.9. The summed E-state index contributed by atoms with van der Waals surface area (Å²) in [5.41, 5.74) is 0.642. The Morgan fingerprint density at radius 2 is 1.78 bits per heavy atom. The molecule has 0 saturated carbocycles. The molecule has 0 spiro atoms. The molecule has 0 aliphatic rings. The van der Waals surface area contributed by atoms with E-state index in [1.807, 2.05) is 0 Å². The second kappa shape index (κ2) is 10.5. The molecule has 0 atom stereocenters. The van der Waals surface area contributed by atoms with Crippen LogP contribution in [0.3, 0.4) is 0 Å². The summed E-state index contributed by atoms with van der Waals surface area (Å²) in [6.07, 6.45) is 1.46. The number of aromatic nitrogens is 1. The lowest BCUT2D eigenvalue weighted by Gasteiger charge is -2.12. The second-order valence-electron chi connectivity index (χ2n) is 6.50. The van der Waals surface area contributed by atoms with Crippen molar-refractivity contribution in [3.05, 3.63) is 76.4 Å². The Kier molecular flexibility index (Phi) is 7.79. The first kappa shape index (κ1) is 23.6. The average Bonchev–Trinajstić information content (AvgIpc) is 2.78. The van der Waals surface area contributed by atoms with Crippen molar-refractivity contribution in [2.75, 3.05) is 30.2 Å². The van der Waals surface area contributed by atoms with Crippen molar-refractivity contribution in [2.45, 2.75) is 4.90 Å². The number of nitrogens with zero attached hydrogens (tertiary/aromatic N) is 1. The maximum absolute atomic E-state index is 12.6. The molecule has 0 bridgehead atoms. The van der Waals surface area contributed by atoms with Gasteiger partial charge in [-0.1, -0.05) is 35.3 Å². The van der Waals surface area contributed by atoms with Crippen LogP contribution in [0.2, 0.25) is 10.0 Å². The Morgan fingerprint density at radius 3 is 2.47 bits per heavy atom. The quantitative estimate of drug-likeness (QED) is 0.387. The van der Waals surface area contributed by atoms with Crippen molar-refractivity contribution >= 4 is 50.6 Å². The number of amides is 1. The topological polar surface area (TPSA) is 109 Å². The third-order valence-corrected chi connectivity index (χ3v) is 6.17. The van der Waals surface area contributed by atoms with E-state index < -0.39 is 10.0 Å². The predicted octanol–water partition coefficient (Wildman–Crippen LogP) is 4.04. The highest BCUT2D eigenvalue weighted by Crippen LogP contribution is 2.26. The maximum Gasteiger partial charge on any atom is 0.262 e. The molecule has 1 amide bonds. The van der Waals surface area contributed by atoms with Gasteiger partial charge in [0.2, 0.25) is 0 Å². The first-order chi connectivity index (χ1) is 15.3. The molecular weight excluding hydrogens is 475 g/mol. The van der Waals surface area contributed by atoms with Gasteiger partial charge in [0.25, 0.3) is 15.9 Å². The molecule has 0 fully saturated rings. The number of carbonyl (C=O) groups excluding carboxylic acids is 1. The maximum atomic E-state index is 12.6. The molecule has 0 radical (unpaired) electrons. The van der Waals surface area contributed by atoms with Crippen LogP contribution in [0, 0.1) is 0 Å². The molecule has 8 nitrogen and oxygen atoms in total. The molecule has 2 aromatic carbocycles. The molecule has 0 aliphatic heterocycles. The minimum atomic E-state index is -3.85. The fourth-order valence-electron chi connectivity index (χ4n) is 2.72. The van der Waals surface area contributed by atoms with E-state index in [1.165, 1.54) is 37.6 Å². The summed E-state index contributed by atoms with van der Waals surface area (Å²) in [5, 5.41) is 6.53. The number of sulfonamides is 1. The molecule has 3 aromatic rings. The monoisotopic (exact) mass is 494 g/mol. The van der Waals surface area contributed by atoms with Gasteiger partial charge < -0.3 is 15.4 Å². The number of benzene rings is 2. The van der Waals surface area contributed by atoms with Crippen molar-refractivity contribution in [1.29, 1.82) is 0 Å². The van der Waals surface area contributed by atoms with Crippen LogP contribution >= 0.6 is 23.2 Å². The van der Waals surface area contributed by atoms with Crippen molar-refractivity contribution in [2.24, 2.45) is 0 Å². The van der Waals surface area contributed by atoms with Gasteiger partial charge in [-0.3, -0.25) is 9.52 Å². The smallest absolute Gasteiger partial charge is 0.262 e. The van der Waals surface area contributed by atoms with Crippen LogP contribution in [0.25, 0.3) is 0 Å². The predicted molar refractivity (Wildman–Crippen MR) is 125 cm³/mol. The Balaban J connectivity index is 1.56. The number of rotatable bonds is 9. The molecule has 168 valence electrons. The van der Waals surface area contributed by atoms with Gasteiger partial charge in [-0.2, -0.15) is 0 Å². The van der Waals surface area contributed by atoms with Crippen LogP contribution in [0.15, 0.2) is 65.7 Å². The van der Waals surface area contributed by atoms with Crippen molar-refractivity contribution in [3.63, 3.8) is 0 Å². The van der Waals surface area contributed by atoms with Crippen LogP contribution in [0.4, 0.5) is 11.5 Å². The molecule has 3 N–H and O–H groups in total. The number of methoxy groups -OCH3 is 1. The summed E-state index contributed by atoms with van der Waals surface area (Å²) < 4.78 is 32.9. The number of carbonyl (C=O) groups is 1. The van der Waals surface area contributed by atoms with Gasteiger partial charge in [-0.25, -0.2) is 13.4 Å². The third-order valence-electron chi connectivity index (χ3n) is 4.29. The highest BCUT2D eigenvalue weighted by molar-refractivity contribution is 7.92. The molecule has 32 heavy (non-hydrogen) atoms. The Morgan fingerprint density at radius 1 is 1.06 bits per heavy atom. The van der Waals surface area contributed by atoms with E-state index in [9.17, 15) is 13.2 Å². The van der Waals surface area contributed by atoms with Gasteiger partial charge in [0.05, 0.1) is 27.7 Å². The summed E-state index contributed by atoms with van der Waals surface area (Å²) in [6.45, 7) is 0.685. The fraction of sp³-hybridized carbons (Fsp3) is 0.143. The number of pyridine rings is 1. The normalized spacial score (nSPS) is 11.0. The van der Waals surface area contributed by atoms with E-state index in [1.54, 1.807) is 30.3 Å². The molecular formula is C21H20Cl2N4O4S. The summed E-state index contributed by atoms with van der Waals surface area (Å²) in [6, 6.07) is 13.9. The van der Waals surface area contributed by atoms with Crippen LogP contribution in [-0.2, 0) is 10.0 Å². The minimum absolute atomic E-state index is 0.0186. The lowest BCUT2D eigenvalue weighted by molar-refractivity contribution is 0.0955. The van der Waals surface area contributed by atoms with Crippen LogP contribution in [-0.4, -0.2) is 39.5 Å². The Hall–Kier alpha value is -3.01. The zero-order chi connectivity index (χ0) is 23.1. The van der Waals surface area contributed by atoms with Crippen LogP contribution in [0.5, 0.6) is 5.75 Å². The number of ether oxygens (including phenoxy) is 1. The standard InChI is InChI=1S/C21H20Cl2N4O4S/c1-31-19-5-3-2-4-18(19)27-32(29,30)16-8-6-14(7-9-16)21(28)25-11-10-24-20-17(23)12-15(22)13-26-20/h2-9,12-13,27H,10-11H2,1H3,(H,24,26)(H,25,28). The average molecular weight is 495 g/mol. The largest absolute Gasteiger partial charge is 0.495 e. The number of hydrogen-bond acceptors (Lipinski definition) is 6. The van der Waals surface area contributed by atoms with E-state index in [-0.39, 0.29) is 10.8 Å². The van der Waals surface area contributed by atoms with Crippen LogP contribution in [0.1, 0.15) is 10.4 Å². The van der Waals surface area contributed by atoms with Crippen molar-refractivity contribution in [1.82, 2.24) is 10.3 Å². The number of hydrogen-bond donors (Lipinski definition) is 3. The first-order valence-electron chi connectivity index (χ1n) is 9.39. The first-order valence-corrected chi connectivity index (χ1v) is 11.6. The molecule has 1 heterocycles. The second-order valence-corrected chi connectivity index (χ2v) is 9.02. The van der Waals surface area contributed by atoms with Crippen molar-refractivity contribution in [3.8, 4) is 5.75 Å². The lowest BCUT2D eigenvalue weighted by atomic mass is 10.2. The van der Waals surface area contributed by atoms with E-state index in [2.05, 4.69) is 20.3 Å². The summed E-state index contributed by atoms with van der Waals surface area (Å²) >= 11 is 11.8. The zero-order valence-corrected chi connectivity index (χ0v) is 19.3. The van der Waals surface area contributed by atoms with E-state index in [0.29, 0.717) is 46.0 Å². The fourth-order valence-corrected chi connectivity index (χ4v) is 4.24. The molecule has 11 heteroatoms. The lowest BCUT2D eigenvalue weighted by Crippen LogP contribution is -2.29. The van der Waals surface area contributed by atoms with Gasteiger partial charge in [0, 0.05) is 24.8 Å². The van der Waals surface area contributed by atoms with E-state index >= 15 is 0 Å². The van der Waals surface area contributed by atoms with Gasteiger partial charge in [-0.15, -0.1) is 0 Å². The van der Waals surface area contributed by atoms with Crippen LogP contribution < -0.4 is 20.1 Å².